The lowest BCUT2D eigenvalue weighted by Gasteiger charge is -1.97. The van der Waals surface area contributed by atoms with Gasteiger partial charge in [0.2, 0.25) is 0 Å². The van der Waals surface area contributed by atoms with Gasteiger partial charge in [0.1, 0.15) is 17.6 Å². The molecule has 0 saturated carbocycles. The predicted molar refractivity (Wildman–Crippen MR) is 65.8 cm³/mol. The van der Waals surface area contributed by atoms with Crippen LogP contribution in [0.25, 0.3) is 11.5 Å². The summed E-state index contributed by atoms with van der Waals surface area (Å²) in [6.45, 7) is 0. The van der Waals surface area contributed by atoms with Crippen LogP contribution in [-0.2, 0) is 6.42 Å². The Balaban J connectivity index is 1.88. The monoisotopic (exact) mass is 269 g/mol. The number of rotatable bonds is 3. The molecule has 2 heterocycles. The molecule has 0 aliphatic rings. The topological polar surface area (TPSA) is 91.4 Å². The summed E-state index contributed by atoms with van der Waals surface area (Å²) in [6.07, 6.45) is 1.65. The van der Waals surface area contributed by atoms with E-state index in [-0.39, 0.29) is 23.8 Å². The van der Waals surface area contributed by atoms with Crippen LogP contribution < -0.4 is 0 Å². The van der Waals surface area contributed by atoms with Gasteiger partial charge in [-0.3, -0.25) is 5.10 Å². The van der Waals surface area contributed by atoms with Gasteiger partial charge in [-0.05, 0) is 11.6 Å². The standard InChI is InChI=1S/C13H8FN5O/c14-10-4-2-1-3-8(10)5-12-17-13(20-19-12)9-7-16-18-11(9)6-15/h1-4,7H,5H2,(H,16,18). The summed E-state index contributed by atoms with van der Waals surface area (Å²) in [4.78, 5) is 4.14. The highest BCUT2D eigenvalue weighted by Crippen LogP contribution is 2.20. The first-order valence-corrected chi connectivity index (χ1v) is 5.78. The van der Waals surface area contributed by atoms with Gasteiger partial charge in [-0.1, -0.05) is 23.4 Å². The zero-order chi connectivity index (χ0) is 13.9. The second-order valence-corrected chi connectivity index (χ2v) is 4.05. The number of benzene rings is 1. The number of nitrogens with one attached hydrogen (secondary N) is 1. The fourth-order valence-corrected chi connectivity index (χ4v) is 1.78. The molecule has 0 fully saturated rings. The van der Waals surface area contributed by atoms with Gasteiger partial charge in [-0.15, -0.1) is 0 Å². The molecule has 0 aliphatic heterocycles. The second-order valence-electron chi connectivity index (χ2n) is 4.05. The predicted octanol–water partition coefficient (Wildman–Crippen LogP) is 2.06. The van der Waals surface area contributed by atoms with E-state index in [1.807, 2.05) is 6.07 Å². The molecule has 0 bridgehead atoms. The summed E-state index contributed by atoms with van der Waals surface area (Å²) in [5.74, 6) is 0.205. The number of hydrogen-bond donors (Lipinski definition) is 1. The first-order valence-electron chi connectivity index (χ1n) is 5.78. The quantitative estimate of drug-likeness (QED) is 0.785. The van der Waals surface area contributed by atoms with Crippen LogP contribution >= 0.6 is 0 Å². The Hall–Kier alpha value is -3.01. The summed E-state index contributed by atoms with van der Waals surface area (Å²) in [5.41, 5.74) is 1.15. The average Bonchev–Trinajstić information content (AvgIpc) is 3.09. The van der Waals surface area contributed by atoms with E-state index in [1.54, 1.807) is 18.2 Å². The molecule has 20 heavy (non-hydrogen) atoms. The van der Waals surface area contributed by atoms with Crippen LogP contribution in [0.3, 0.4) is 0 Å². The number of H-pyrrole nitrogens is 1. The van der Waals surface area contributed by atoms with Crippen LogP contribution in [0.2, 0.25) is 0 Å². The lowest BCUT2D eigenvalue weighted by molar-refractivity contribution is 0.423. The molecule has 0 atom stereocenters. The highest BCUT2D eigenvalue weighted by Gasteiger charge is 2.15. The van der Waals surface area contributed by atoms with E-state index in [9.17, 15) is 4.39 Å². The molecule has 0 saturated heterocycles. The zero-order valence-electron chi connectivity index (χ0n) is 10.2. The smallest absolute Gasteiger partial charge is 0.262 e. The number of hydrogen-bond acceptors (Lipinski definition) is 5. The molecule has 0 spiro atoms. The SMILES string of the molecule is N#Cc1[nH]ncc1-c1nc(Cc2ccccc2F)no1. The molecule has 2 aromatic heterocycles. The van der Waals surface area contributed by atoms with Crippen molar-refractivity contribution in [1.29, 1.82) is 5.26 Å². The van der Waals surface area contributed by atoms with Crippen molar-refractivity contribution in [3.63, 3.8) is 0 Å². The van der Waals surface area contributed by atoms with Crippen LogP contribution in [0.1, 0.15) is 17.1 Å². The van der Waals surface area contributed by atoms with Crippen molar-refractivity contribution in [2.45, 2.75) is 6.42 Å². The highest BCUT2D eigenvalue weighted by molar-refractivity contribution is 5.59. The maximum atomic E-state index is 13.5. The van der Waals surface area contributed by atoms with E-state index in [4.69, 9.17) is 9.78 Å². The van der Waals surface area contributed by atoms with Crippen molar-refractivity contribution in [3.8, 4) is 17.5 Å². The molecule has 3 aromatic rings. The number of nitrogens with zero attached hydrogens (tertiary/aromatic N) is 4. The van der Waals surface area contributed by atoms with Gasteiger partial charge in [0.05, 0.1) is 11.8 Å². The molecule has 3 rings (SSSR count). The first-order chi connectivity index (χ1) is 9.78. The molecule has 7 heteroatoms. The van der Waals surface area contributed by atoms with E-state index in [0.717, 1.165) is 0 Å². The van der Waals surface area contributed by atoms with E-state index in [0.29, 0.717) is 17.0 Å². The molecule has 6 nitrogen and oxygen atoms in total. The van der Waals surface area contributed by atoms with E-state index < -0.39 is 0 Å². The maximum absolute atomic E-state index is 13.5. The minimum Gasteiger partial charge on any atom is -0.334 e. The van der Waals surface area contributed by atoms with Crippen LogP contribution in [0, 0.1) is 17.1 Å². The normalized spacial score (nSPS) is 10.4. The summed E-state index contributed by atoms with van der Waals surface area (Å²) in [6, 6.07) is 8.32. The van der Waals surface area contributed by atoms with Crippen molar-refractivity contribution in [3.05, 3.63) is 53.4 Å². The number of halogens is 1. The van der Waals surface area contributed by atoms with Crippen molar-refractivity contribution in [1.82, 2.24) is 20.3 Å². The average molecular weight is 269 g/mol. The molecule has 0 unspecified atom stereocenters. The Morgan fingerprint density at radius 2 is 2.20 bits per heavy atom. The molecule has 0 amide bonds. The Bertz CT molecular complexity index is 786. The summed E-state index contributed by atoms with van der Waals surface area (Å²) >= 11 is 0. The van der Waals surface area contributed by atoms with Gasteiger partial charge in [0, 0.05) is 6.42 Å². The van der Waals surface area contributed by atoms with Crippen LogP contribution in [-0.4, -0.2) is 20.3 Å². The number of aromatic amines is 1. The van der Waals surface area contributed by atoms with Crippen molar-refractivity contribution >= 4 is 0 Å². The van der Waals surface area contributed by atoms with Crippen molar-refractivity contribution < 1.29 is 8.91 Å². The lowest BCUT2D eigenvalue weighted by Crippen LogP contribution is -1.94. The Kier molecular flexibility index (Phi) is 2.97. The van der Waals surface area contributed by atoms with Gasteiger partial charge in [-0.2, -0.15) is 15.3 Å². The third kappa shape index (κ3) is 2.14. The van der Waals surface area contributed by atoms with Gasteiger partial charge >= 0.3 is 0 Å². The molecule has 0 aliphatic carbocycles. The summed E-state index contributed by atoms with van der Waals surface area (Å²) in [5, 5.41) is 18.9. The summed E-state index contributed by atoms with van der Waals surface area (Å²) < 4.78 is 18.6. The Morgan fingerprint density at radius 3 is 3.00 bits per heavy atom. The van der Waals surface area contributed by atoms with Crippen LogP contribution in [0.5, 0.6) is 0 Å². The number of nitriles is 1. The fraction of sp³-hybridized carbons (Fsp3) is 0.0769. The van der Waals surface area contributed by atoms with E-state index in [2.05, 4.69) is 20.3 Å². The Morgan fingerprint density at radius 1 is 1.35 bits per heavy atom. The molecule has 1 aromatic carbocycles. The van der Waals surface area contributed by atoms with Gasteiger partial charge < -0.3 is 4.52 Å². The fourth-order valence-electron chi connectivity index (χ4n) is 1.78. The summed E-state index contributed by atoms with van der Waals surface area (Å²) in [7, 11) is 0. The molecular formula is C13H8FN5O. The van der Waals surface area contributed by atoms with Gasteiger partial charge in [0.25, 0.3) is 5.89 Å². The van der Waals surface area contributed by atoms with Gasteiger partial charge in [-0.25, -0.2) is 4.39 Å². The van der Waals surface area contributed by atoms with Crippen LogP contribution in [0.4, 0.5) is 4.39 Å². The third-order valence-electron chi connectivity index (χ3n) is 2.76. The second kappa shape index (κ2) is 4.93. The van der Waals surface area contributed by atoms with Gasteiger partial charge in [0.15, 0.2) is 5.82 Å². The molecule has 98 valence electrons. The first kappa shape index (κ1) is 12.0. The molecular weight excluding hydrogens is 261 g/mol. The molecule has 0 radical (unpaired) electrons. The Labute approximate surface area is 112 Å². The zero-order valence-corrected chi connectivity index (χ0v) is 10.2. The largest absolute Gasteiger partial charge is 0.334 e. The third-order valence-corrected chi connectivity index (χ3v) is 2.76. The highest BCUT2D eigenvalue weighted by atomic mass is 19.1. The minimum atomic E-state index is -0.320. The number of aromatic nitrogens is 4. The van der Waals surface area contributed by atoms with Crippen LogP contribution in [0.15, 0.2) is 35.0 Å². The molecule has 1 N–H and O–H groups in total. The minimum absolute atomic E-state index is 0.182. The maximum Gasteiger partial charge on any atom is 0.262 e. The van der Waals surface area contributed by atoms with E-state index in [1.165, 1.54) is 12.3 Å². The lowest BCUT2D eigenvalue weighted by atomic mass is 10.1. The van der Waals surface area contributed by atoms with Crippen molar-refractivity contribution in [2.24, 2.45) is 0 Å². The van der Waals surface area contributed by atoms with E-state index >= 15 is 0 Å². The van der Waals surface area contributed by atoms with Crippen molar-refractivity contribution in [2.75, 3.05) is 0 Å².